The topological polar surface area (TPSA) is 90.5 Å². The summed E-state index contributed by atoms with van der Waals surface area (Å²) in [5.41, 5.74) is 4.71. The van der Waals surface area contributed by atoms with Crippen molar-refractivity contribution in [2.24, 2.45) is 0 Å². The van der Waals surface area contributed by atoms with E-state index in [-0.39, 0.29) is 23.8 Å². The van der Waals surface area contributed by atoms with Gasteiger partial charge in [0.15, 0.2) is 5.65 Å². The molecule has 0 saturated heterocycles. The van der Waals surface area contributed by atoms with E-state index in [4.69, 9.17) is 0 Å². The molecule has 0 fully saturated rings. The minimum atomic E-state index is -0.371. The Morgan fingerprint density at radius 3 is 2.67 bits per heavy atom. The lowest BCUT2D eigenvalue weighted by Crippen LogP contribution is -2.27. The molecule has 8 nitrogen and oxygen atoms in total. The van der Waals surface area contributed by atoms with Crippen LogP contribution in [-0.4, -0.2) is 35.7 Å². The molecular weight excluding hydrogens is 457 g/mol. The summed E-state index contributed by atoms with van der Waals surface area (Å²) in [6.45, 7) is 6.29. The van der Waals surface area contributed by atoms with Crippen LogP contribution in [0.15, 0.2) is 73.2 Å². The highest BCUT2D eigenvalue weighted by Crippen LogP contribution is 2.23. The number of rotatable bonds is 7. The van der Waals surface area contributed by atoms with Crippen molar-refractivity contribution >= 4 is 16.9 Å². The largest absolute Gasteiger partial charge is 0.344 e. The third-order valence-electron chi connectivity index (χ3n) is 6.31. The van der Waals surface area contributed by atoms with Gasteiger partial charge in [-0.2, -0.15) is 5.10 Å². The maximum Gasteiger partial charge on any atom is 0.253 e. The SMILES string of the molecule is Cc1cc(F)ccc1[C@H](C)n1cc(C(C)NC(=O)c2cnc3c(cnn3Cc3ccccc3)c2)nn1. The number of hydrogen-bond acceptors (Lipinski definition) is 5. The fourth-order valence-corrected chi connectivity index (χ4v) is 4.25. The molecule has 182 valence electrons. The van der Waals surface area contributed by atoms with E-state index in [1.807, 2.05) is 55.8 Å². The Morgan fingerprint density at radius 2 is 1.89 bits per heavy atom. The van der Waals surface area contributed by atoms with Gasteiger partial charge in [-0.05, 0) is 55.7 Å². The molecule has 0 spiro atoms. The lowest BCUT2D eigenvalue weighted by molar-refractivity contribution is 0.0939. The first-order chi connectivity index (χ1) is 17.4. The van der Waals surface area contributed by atoms with Gasteiger partial charge in [0.1, 0.15) is 11.5 Å². The van der Waals surface area contributed by atoms with Gasteiger partial charge >= 0.3 is 0 Å². The van der Waals surface area contributed by atoms with E-state index in [1.54, 1.807) is 35.4 Å². The Balaban J connectivity index is 1.28. The van der Waals surface area contributed by atoms with Crippen LogP contribution in [0, 0.1) is 12.7 Å². The first kappa shape index (κ1) is 23.3. The molecule has 3 aromatic heterocycles. The van der Waals surface area contributed by atoms with Gasteiger partial charge in [-0.3, -0.25) is 4.79 Å². The molecule has 2 atom stereocenters. The number of pyridine rings is 1. The number of carbonyl (C=O) groups is 1. The van der Waals surface area contributed by atoms with Crippen LogP contribution >= 0.6 is 0 Å². The average Bonchev–Trinajstić information content (AvgIpc) is 3.52. The molecule has 1 N–H and O–H groups in total. The van der Waals surface area contributed by atoms with Crippen molar-refractivity contribution in [2.45, 2.75) is 39.4 Å². The van der Waals surface area contributed by atoms with E-state index >= 15 is 0 Å². The lowest BCUT2D eigenvalue weighted by atomic mass is 10.0. The zero-order valence-electron chi connectivity index (χ0n) is 20.3. The molecule has 9 heteroatoms. The monoisotopic (exact) mass is 483 g/mol. The van der Waals surface area contributed by atoms with Crippen LogP contribution in [0.3, 0.4) is 0 Å². The van der Waals surface area contributed by atoms with Crippen molar-refractivity contribution in [1.29, 1.82) is 0 Å². The molecule has 0 radical (unpaired) electrons. The molecule has 1 amide bonds. The van der Waals surface area contributed by atoms with Gasteiger partial charge in [-0.1, -0.05) is 41.6 Å². The number of aromatic nitrogens is 6. The predicted molar refractivity (Wildman–Crippen MR) is 134 cm³/mol. The van der Waals surface area contributed by atoms with Gasteiger partial charge in [-0.25, -0.2) is 18.7 Å². The molecule has 5 aromatic rings. The molecule has 0 aliphatic rings. The second-order valence-electron chi connectivity index (χ2n) is 8.92. The van der Waals surface area contributed by atoms with Crippen molar-refractivity contribution in [3.05, 3.63) is 107 Å². The summed E-state index contributed by atoms with van der Waals surface area (Å²) in [7, 11) is 0. The third kappa shape index (κ3) is 4.72. The Morgan fingerprint density at radius 1 is 1.08 bits per heavy atom. The highest BCUT2D eigenvalue weighted by molar-refractivity contribution is 5.97. The number of fused-ring (bicyclic) bond motifs is 1. The fourth-order valence-electron chi connectivity index (χ4n) is 4.25. The van der Waals surface area contributed by atoms with Gasteiger partial charge in [0.2, 0.25) is 0 Å². The molecule has 1 unspecified atom stereocenters. The number of nitrogens with zero attached hydrogens (tertiary/aromatic N) is 6. The maximum atomic E-state index is 13.5. The van der Waals surface area contributed by atoms with Crippen molar-refractivity contribution in [3.8, 4) is 0 Å². The summed E-state index contributed by atoms with van der Waals surface area (Å²) in [5.74, 6) is -0.528. The summed E-state index contributed by atoms with van der Waals surface area (Å²) >= 11 is 0. The van der Waals surface area contributed by atoms with Crippen molar-refractivity contribution in [1.82, 2.24) is 35.1 Å². The van der Waals surface area contributed by atoms with Gasteiger partial charge in [0.25, 0.3) is 5.91 Å². The predicted octanol–water partition coefficient (Wildman–Crippen LogP) is 4.62. The first-order valence-electron chi connectivity index (χ1n) is 11.7. The molecule has 5 rings (SSSR count). The Kier molecular flexibility index (Phi) is 6.28. The van der Waals surface area contributed by atoms with E-state index in [9.17, 15) is 9.18 Å². The van der Waals surface area contributed by atoms with E-state index in [0.717, 1.165) is 27.7 Å². The smallest absolute Gasteiger partial charge is 0.253 e. The van der Waals surface area contributed by atoms with E-state index in [2.05, 4.69) is 25.7 Å². The number of carbonyl (C=O) groups excluding carboxylic acids is 1. The van der Waals surface area contributed by atoms with Crippen LogP contribution in [0.1, 0.15) is 58.7 Å². The number of amides is 1. The number of aryl methyl sites for hydroxylation is 1. The minimum absolute atomic E-state index is 0.131. The second kappa shape index (κ2) is 9.69. The van der Waals surface area contributed by atoms with Crippen LogP contribution in [0.4, 0.5) is 4.39 Å². The number of halogens is 1. The van der Waals surface area contributed by atoms with Gasteiger partial charge in [0, 0.05) is 11.6 Å². The zero-order chi connectivity index (χ0) is 25.2. The molecule has 0 bridgehead atoms. The Labute approximate surface area is 207 Å². The third-order valence-corrected chi connectivity index (χ3v) is 6.31. The van der Waals surface area contributed by atoms with Crippen LogP contribution in [-0.2, 0) is 6.54 Å². The van der Waals surface area contributed by atoms with Crippen LogP contribution in [0.2, 0.25) is 0 Å². The molecule has 36 heavy (non-hydrogen) atoms. The number of nitrogens with one attached hydrogen (secondary N) is 1. The van der Waals surface area contributed by atoms with Gasteiger partial charge < -0.3 is 5.32 Å². The average molecular weight is 484 g/mol. The summed E-state index contributed by atoms with van der Waals surface area (Å²) < 4.78 is 17.0. The molecule has 0 aliphatic carbocycles. The van der Waals surface area contributed by atoms with Gasteiger partial charge in [0.05, 0.1) is 36.6 Å². The highest BCUT2D eigenvalue weighted by atomic mass is 19.1. The van der Waals surface area contributed by atoms with Crippen LogP contribution in [0.5, 0.6) is 0 Å². The Bertz CT molecular complexity index is 1530. The Hall–Kier alpha value is -4.40. The van der Waals surface area contributed by atoms with E-state index in [0.29, 0.717) is 17.8 Å². The quantitative estimate of drug-likeness (QED) is 0.365. The lowest BCUT2D eigenvalue weighted by Gasteiger charge is -2.15. The molecule has 2 aromatic carbocycles. The summed E-state index contributed by atoms with van der Waals surface area (Å²) in [5, 5.41) is 16.7. The van der Waals surface area contributed by atoms with Crippen molar-refractivity contribution in [3.63, 3.8) is 0 Å². The zero-order valence-corrected chi connectivity index (χ0v) is 20.3. The minimum Gasteiger partial charge on any atom is -0.344 e. The molecule has 0 saturated carbocycles. The van der Waals surface area contributed by atoms with Crippen LogP contribution in [0.25, 0.3) is 11.0 Å². The fraction of sp³-hybridized carbons (Fsp3) is 0.222. The second-order valence-corrected chi connectivity index (χ2v) is 8.92. The molecule has 0 aliphatic heterocycles. The first-order valence-corrected chi connectivity index (χ1v) is 11.7. The highest BCUT2D eigenvalue weighted by Gasteiger charge is 2.19. The number of benzene rings is 2. The standard InChI is InChI=1S/C27H26FN7O/c1-17-11-23(28)9-10-24(17)19(3)34-16-25(32-33-34)18(2)31-27(36)22-12-21-14-30-35(26(21)29-13-22)15-20-7-5-4-6-8-20/h4-14,16,18-19H,15H2,1-3H3,(H,31,36)/t18?,19-/m0/s1. The summed E-state index contributed by atoms with van der Waals surface area (Å²) in [6.07, 6.45) is 5.08. The van der Waals surface area contributed by atoms with Crippen molar-refractivity contribution in [2.75, 3.05) is 0 Å². The maximum absolute atomic E-state index is 13.5. The van der Waals surface area contributed by atoms with E-state index in [1.165, 1.54) is 12.1 Å². The molecule has 3 heterocycles. The summed E-state index contributed by atoms with van der Waals surface area (Å²) in [6, 6.07) is 16.0. The normalized spacial score (nSPS) is 13.0. The van der Waals surface area contributed by atoms with Crippen molar-refractivity contribution < 1.29 is 9.18 Å². The van der Waals surface area contributed by atoms with E-state index < -0.39 is 0 Å². The number of hydrogen-bond donors (Lipinski definition) is 1. The van der Waals surface area contributed by atoms with Crippen LogP contribution < -0.4 is 5.32 Å². The van der Waals surface area contributed by atoms with Gasteiger partial charge in [-0.15, -0.1) is 5.10 Å². The molecular formula is C27H26FN7O. The summed E-state index contributed by atoms with van der Waals surface area (Å²) in [4.78, 5) is 17.4.